The molecule has 6 rings (SSSR count). The maximum atomic E-state index is 12.3. The number of piperazine rings is 1. The lowest BCUT2D eigenvalue weighted by molar-refractivity contribution is 0.0999. The van der Waals surface area contributed by atoms with E-state index in [1.807, 2.05) is 42.5 Å². The molecule has 2 aliphatic heterocycles. The standard InChI is InChI=1S/C32H35N5O5/c1-36-9-11-37(12-10-36)8-3-13-40-30-18-26-25(17-28(30)39-2)31(35-19-34-26)22-5-6-24(32(33)38)23(16-22)14-21-4-7-27-29(15-21)42-20-41-27/h4-7,15-19H,3,8-14,20H2,1-2H3,(H2,33,38). The number of amides is 1. The molecule has 2 N–H and O–H groups in total. The second kappa shape index (κ2) is 12.2. The summed E-state index contributed by atoms with van der Waals surface area (Å²) in [7, 11) is 3.80. The van der Waals surface area contributed by atoms with Crippen molar-refractivity contribution in [1.29, 1.82) is 0 Å². The summed E-state index contributed by atoms with van der Waals surface area (Å²) in [6, 6.07) is 15.2. The highest BCUT2D eigenvalue weighted by molar-refractivity contribution is 5.97. The molecule has 1 fully saturated rings. The summed E-state index contributed by atoms with van der Waals surface area (Å²) in [6.07, 6.45) is 2.96. The monoisotopic (exact) mass is 569 g/mol. The first-order chi connectivity index (χ1) is 20.5. The largest absolute Gasteiger partial charge is 0.493 e. The van der Waals surface area contributed by atoms with E-state index in [0.717, 1.165) is 72.4 Å². The fraction of sp³-hybridized carbons (Fsp3) is 0.344. The highest BCUT2D eigenvalue weighted by atomic mass is 16.7. The zero-order valence-electron chi connectivity index (χ0n) is 24.0. The van der Waals surface area contributed by atoms with Crippen LogP contribution < -0.4 is 24.7 Å². The summed E-state index contributed by atoms with van der Waals surface area (Å²) in [5.41, 5.74) is 10.3. The molecule has 0 saturated carbocycles. The second-order valence-electron chi connectivity index (χ2n) is 10.7. The number of primary amides is 1. The van der Waals surface area contributed by atoms with Gasteiger partial charge in [0.15, 0.2) is 23.0 Å². The highest BCUT2D eigenvalue weighted by Gasteiger charge is 2.18. The van der Waals surface area contributed by atoms with Crippen molar-refractivity contribution in [2.45, 2.75) is 12.8 Å². The molecule has 0 atom stereocenters. The van der Waals surface area contributed by atoms with Gasteiger partial charge in [0.1, 0.15) is 6.33 Å². The highest BCUT2D eigenvalue weighted by Crippen LogP contribution is 2.37. The molecule has 10 heteroatoms. The number of carbonyl (C=O) groups excluding carboxylic acids is 1. The average Bonchev–Trinajstić information content (AvgIpc) is 3.47. The molecule has 42 heavy (non-hydrogen) atoms. The first-order valence-corrected chi connectivity index (χ1v) is 14.2. The summed E-state index contributed by atoms with van der Waals surface area (Å²) in [5, 5.41) is 0.819. The lowest BCUT2D eigenvalue weighted by Crippen LogP contribution is -2.44. The number of fused-ring (bicyclic) bond motifs is 2. The van der Waals surface area contributed by atoms with Gasteiger partial charge in [-0.05, 0) is 61.3 Å². The van der Waals surface area contributed by atoms with E-state index in [4.69, 9.17) is 24.7 Å². The van der Waals surface area contributed by atoms with Gasteiger partial charge in [0.25, 0.3) is 0 Å². The summed E-state index contributed by atoms with van der Waals surface area (Å²) in [4.78, 5) is 26.3. The minimum atomic E-state index is -0.485. The van der Waals surface area contributed by atoms with Crippen molar-refractivity contribution in [3.05, 3.63) is 71.5 Å². The molecule has 2 aliphatic rings. The van der Waals surface area contributed by atoms with E-state index in [9.17, 15) is 4.79 Å². The van der Waals surface area contributed by atoms with Crippen molar-refractivity contribution in [2.75, 3.05) is 60.3 Å². The van der Waals surface area contributed by atoms with E-state index < -0.39 is 5.91 Å². The van der Waals surface area contributed by atoms with Gasteiger partial charge in [-0.2, -0.15) is 0 Å². The third-order valence-electron chi connectivity index (χ3n) is 7.87. The second-order valence-corrected chi connectivity index (χ2v) is 10.7. The number of benzene rings is 3. The molecular formula is C32H35N5O5. The Morgan fingerprint density at radius 2 is 1.81 bits per heavy atom. The predicted molar refractivity (Wildman–Crippen MR) is 159 cm³/mol. The Kier molecular flexibility index (Phi) is 8.07. The van der Waals surface area contributed by atoms with Crippen LogP contribution in [0.5, 0.6) is 23.0 Å². The number of aromatic nitrogens is 2. The van der Waals surface area contributed by atoms with Crippen LogP contribution >= 0.6 is 0 Å². The van der Waals surface area contributed by atoms with Crippen LogP contribution in [0.25, 0.3) is 22.2 Å². The average molecular weight is 570 g/mol. The first-order valence-electron chi connectivity index (χ1n) is 14.2. The molecule has 0 spiro atoms. The Bertz CT molecular complexity index is 1600. The third-order valence-corrected chi connectivity index (χ3v) is 7.87. The fourth-order valence-corrected chi connectivity index (χ4v) is 5.51. The van der Waals surface area contributed by atoms with Crippen molar-refractivity contribution in [2.24, 2.45) is 5.73 Å². The van der Waals surface area contributed by atoms with E-state index in [2.05, 4.69) is 26.8 Å². The van der Waals surface area contributed by atoms with Crippen LogP contribution in [0.1, 0.15) is 27.9 Å². The van der Waals surface area contributed by atoms with E-state index >= 15 is 0 Å². The maximum Gasteiger partial charge on any atom is 0.248 e. The molecular weight excluding hydrogens is 534 g/mol. The molecule has 1 saturated heterocycles. The molecule has 0 aliphatic carbocycles. The number of carbonyl (C=O) groups is 1. The number of ether oxygens (including phenoxy) is 4. The summed E-state index contributed by atoms with van der Waals surface area (Å²) in [5.74, 6) is 2.19. The molecule has 0 unspecified atom stereocenters. The Morgan fingerprint density at radius 1 is 0.976 bits per heavy atom. The van der Waals surface area contributed by atoms with E-state index in [-0.39, 0.29) is 6.79 Å². The van der Waals surface area contributed by atoms with Gasteiger partial charge < -0.3 is 34.5 Å². The van der Waals surface area contributed by atoms with E-state index in [1.54, 1.807) is 19.5 Å². The number of nitrogens with zero attached hydrogens (tertiary/aromatic N) is 4. The van der Waals surface area contributed by atoms with E-state index in [0.29, 0.717) is 41.6 Å². The van der Waals surface area contributed by atoms with Gasteiger partial charge in [0, 0.05) is 55.3 Å². The Morgan fingerprint density at radius 3 is 2.62 bits per heavy atom. The molecule has 0 radical (unpaired) electrons. The van der Waals surface area contributed by atoms with Crippen molar-refractivity contribution in [1.82, 2.24) is 19.8 Å². The lowest BCUT2D eigenvalue weighted by Gasteiger charge is -2.32. The van der Waals surface area contributed by atoms with Gasteiger partial charge in [-0.3, -0.25) is 4.79 Å². The Balaban J connectivity index is 1.25. The number of hydrogen-bond donors (Lipinski definition) is 1. The van der Waals surface area contributed by atoms with Crippen LogP contribution in [0.2, 0.25) is 0 Å². The summed E-state index contributed by atoms with van der Waals surface area (Å²) in [6.45, 7) is 6.19. The zero-order chi connectivity index (χ0) is 29.1. The first kappa shape index (κ1) is 27.7. The number of methoxy groups -OCH3 is 1. The molecule has 1 amide bonds. The number of likely N-dealkylation sites (N-methyl/N-ethyl adjacent to an activating group) is 1. The molecule has 3 heterocycles. The van der Waals surface area contributed by atoms with Crippen LogP contribution in [-0.4, -0.2) is 86.0 Å². The Hall–Kier alpha value is -4.41. The van der Waals surface area contributed by atoms with Crippen LogP contribution in [0.4, 0.5) is 0 Å². The molecule has 10 nitrogen and oxygen atoms in total. The maximum absolute atomic E-state index is 12.3. The smallest absolute Gasteiger partial charge is 0.248 e. The third kappa shape index (κ3) is 5.95. The normalized spacial score (nSPS) is 15.2. The van der Waals surface area contributed by atoms with Crippen molar-refractivity contribution in [3.63, 3.8) is 0 Å². The molecule has 218 valence electrons. The minimum Gasteiger partial charge on any atom is -0.493 e. The fourth-order valence-electron chi connectivity index (χ4n) is 5.51. The lowest BCUT2D eigenvalue weighted by atomic mass is 9.95. The van der Waals surface area contributed by atoms with Crippen molar-refractivity contribution in [3.8, 4) is 34.3 Å². The molecule has 0 bridgehead atoms. The minimum absolute atomic E-state index is 0.203. The van der Waals surface area contributed by atoms with Gasteiger partial charge in [0.05, 0.1) is 24.9 Å². The SMILES string of the molecule is COc1cc2c(-c3ccc(C(N)=O)c(Cc4ccc5c(c4)OCO5)c3)ncnc2cc1OCCCN1CCN(C)CC1. The zero-order valence-corrected chi connectivity index (χ0v) is 24.0. The van der Waals surface area contributed by atoms with Crippen LogP contribution in [-0.2, 0) is 6.42 Å². The van der Waals surface area contributed by atoms with Gasteiger partial charge >= 0.3 is 0 Å². The van der Waals surface area contributed by atoms with E-state index in [1.165, 1.54) is 0 Å². The number of rotatable bonds is 10. The van der Waals surface area contributed by atoms with Crippen LogP contribution in [0.3, 0.4) is 0 Å². The van der Waals surface area contributed by atoms with Crippen LogP contribution in [0, 0.1) is 0 Å². The van der Waals surface area contributed by atoms with Gasteiger partial charge in [0.2, 0.25) is 12.7 Å². The summed E-state index contributed by atoms with van der Waals surface area (Å²) < 4.78 is 22.8. The Labute approximate surface area is 245 Å². The van der Waals surface area contributed by atoms with Gasteiger partial charge in [-0.1, -0.05) is 12.1 Å². The van der Waals surface area contributed by atoms with Crippen molar-refractivity contribution >= 4 is 16.8 Å². The number of nitrogens with two attached hydrogens (primary N) is 1. The van der Waals surface area contributed by atoms with Crippen LogP contribution in [0.15, 0.2) is 54.9 Å². The van der Waals surface area contributed by atoms with Gasteiger partial charge in [-0.25, -0.2) is 9.97 Å². The molecule has 1 aromatic heterocycles. The number of hydrogen-bond acceptors (Lipinski definition) is 9. The topological polar surface area (TPSA) is 112 Å². The quantitative estimate of drug-likeness (QED) is 0.286. The molecule has 3 aromatic carbocycles. The predicted octanol–water partition coefficient (Wildman–Crippen LogP) is 3.74. The molecule has 4 aromatic rings. The van der Waals surface area contributed by atoms with Crippen molar-refractivity contribution < 1.29 is 23.7 Å². The van der Waals surface area contributed by atoms with Gasteiger partial charge in [-0.15, -0.1) is 0 Å². The summed E-state index contributed by atoms with van der Waals surface area (Å²) >= 11 is 0.